The van der Waals surface area contributed by atoms with E-state index in [1.54, 1.807) is 18.2 Å². The van der Waals surface area contributed by atoms with Gasteiger partial charge in [-0.2, -0.15) is 0 Å². The lowest BCUT2D eigenvalue weighted by Gasteiger charge is -2.27. The molecular weight excluding hydrogens is 210 g/mol. The predicted octanol–water partition coefficient (Wildman–Crippen LogP) is 1.73. The first-order valence-electron chi connectivity index (χ1n) is 4.97. The Morgan fingerprint density at radius 2 is 2.12 bits per heavy atom. The van der Waals surface area contributed by atoms with Crippen LogP contribution in [0.1, 0.15) is 16.8 Å². The van der Waals surface area contributed by atoms with Crippen molar-refractivity contribution in [1.82, 2.24) is 0 Å². The van der Waals surface area contributed by atoms with Crippen LogP contribution >= 0.6 is 0 Å². The molecule has 2 rings (SSSR count). The highest BCUT2D eigenvalue weighted by molar-refractivity contribution is 6.00. The Morgan fingerprint density at radius 1 is 1.38 bits per heavy atom. The molecule has 0 aromatic heterocycles. The molecule has 84 valence electrons. The summed E-state index contributed by atoms with van der Waals surface area (Å²) < 4.78 is 4.87. The van der Waals surface area contributed by atoms with E-state index in [4.69, 9.17) is 9.84 Å². The molecule has 16 heavy (non-hydrogen) atoms. The van der Waals surface area contributed by atoms with Gasteiger partial charge in [-0.1, -0.05) is 12.1 Å². The lowest BCUT2D eigenvalue weighted by molar-refractivity contribution is 0.0697. The number of rotatable bonds is 2. The third-order valence-electron chi connectivity index (χ3n) is 2.40. The molecule has 1 amide bonds. The van der Waals surface area contributed by atoms with Crippen molar-refractivity contribution in [1.29, 1.82) is 0 Å². The van der Waals surface area contributed by atoms with Gasteiger partial charge in [0.2, 0.25) is 0 Å². The summed E-state index contributed by atoms with van der Waals surface area (Å²) in [6.45, 7) is 0.883. The van der Waals surface area contributed by atoms with Crippen molar-refractivity contribution in [3.63, 3.8) is 0 Å². The number of ether oxygens (including phenoxy) is 1. The van der Waals surface area contributed by atoms with Crippen molar-refractivity contribution in [2.75, 3.05) is 18.1 Å². The van der Waals surface area contributed by atoms with Crippen LogP contribution in [-0.2, 0) is 4.74 Å². The number of carboxylic acids is 1. The summed E-state index contributed by atoms with van der Waals surface area (Å²) >= 11 is 0. The van der Waals surface area contributed by atoms with Crippen LogP contribution in [0.15, 0.2) is 24.3 Å². The normalized spacial score (nSPS) is 15.8. The number of hydrogen-bond donors (Lipinski definition) is 1. The summed E-state index contributed by atoms with van der Waals surface area (Å²) in [6, 6.07) is 6.40. The highest BCUT2D eigenvalue weighted by Gasteiger charge is 2.24. The van der Waals surface area contributed by atoms with E-state index in [-0.39, 0.29) is 5.56 Å². The lowest BCUT2D eigenvalue weighted by Crippen LogP contribution is -2.38. The molecule has 1 fully saturated rings. The maximum Gasteiger partial charge on any atom is 0.414 e. The summed E-state index contributed by atoms with van der Waals surface area (Å²) in [6.07, 6.45) is 0.222. The molecule has 0 spiro atoms. The van der Waals surface area contributed by atoms with Gasteiger partial charge < -0.3 is 9.84 Å². The van der Waals surface area contributed by atoms with Gasteiger partial charge in [-0.05, 0) is 18.6 Å². The Morgan fingerprint density at radius 3 is 2.81 bits per heavy atom. The third kappa shape index (κ3) is 1.84. The second kappa shape index (κ2) is 4.22. The first kappa shape index (κ1) is 10.5. The molecule has 1 aromatic rings. The molecule has 1 aliphatic rings. The van der Waals surface area contributed by atoms with Crippen LogP contribution in [0.5, 0.6) is 0 Å². The minimum absolute atomic E-state index is 0.112. The van der Waals surface area contributed by atoms with Gasteiger partial charge in [-0.15, -0.1) is 0 Å². The maximum atomic E-state index is 11.5. The van der Waals surface area contributed by atoms with Crippen LogP contribution in [0, 0.1) is 0 Å². The zero-order chi connectivity index (χ0) is 11.5. The molecular formula is C11H11NO4. The number of aromatic carboxylic acids is 1. The van der Waals surface area contributed by atoms with E-state index in [1.807, 2.05) is 0 Å². The smallest absolute Gasteiger partial charge is 0.414 e. The Labute approximate surface area is 92.2 Å². The fourth-order valence-corrected chi connectivity index (χ4v) is 1.66. The largest absolute Gasteiger partial charge is 0.478 e. The zero-order valence-corrected chi connectivity index (χ0v) is 8.55. The molecule has 5 nitrogen and oxygen atoms in total. The summed E-state index contributed by atoms with van der Waals surface area (Å²) in [7, 11) is 0. The average Bonchev–Trinajstić information content (AvgIpc) is 2.29. The number of carbonyl (C=O) groups is 2. The fraction of sp³-hybridized carbons (Fsp3) is 0.273. The monoisotopic (exact) mass is 221 g/mol. The second-order valence-corrected chi connectivity index (χ2v) is 3.44. The molecule has 5 heteroatoms. The van der Waals surface area contributed by atoms with Gasteiger partial charge in [0.05, 0.1) is 17.9 Å². The van der Waals surface area contributed by atoms with Crippen molar-refractivity contribution in [2.24, 2.45) is 0 Å². The van der Waals surface area contributed by atoms with E-state index >= 15 is 0 Å². The summed E-state index contributed by atoms with van der Waals surface area (Å²) in [4.78, 5) is 23.8. The van der Waals surface area contributed by atoms with E-state index in [0.29, 0.717) is 25.3 Å². The molecule has 1 N–H and O–H groups in total. The summed E-state index contributed by atoms with van der Waals surface area (Å²) in [5.74, 6) is -1.05. The van der Waals surface area contributed by atoms with Gasteiger partial charge in [0, 0.05) is 6.54 Å². The molecule has 1 heterocycles. The maximum absolute atomic E-state index is 11.5. The number of cyclic esters (lactones) is 1. The summed E-state index contributed by atoms with van der Waals surface area (Å²) in [5.41, 5.74) is 0.501. The van der Waals surface area contributed by atoms with E-state index in [1.165, 1.54) is 11.0 Å². The van der Waals surface area contributed by atoms with Crippen LogP contribution in [0.2, 0.25) is 0 Å². The van der Waals surface area contributed by atoms with Crippen molar-refractivity contribution >= 4 is 17.7 Å². The van der Waals surface area contributed by atoms with Gasteiger partial charge >= 0.3 is 12.1 Å². The first-order chi connectivity index (χ1) is 7.70. The second-order valence-electron chi connectivity index (χ2n) is 3.44. The minimum atomic E-state index is -1.05. The number of carbonyl (C=O) groups excluding carboxylic acids is 1. The number of benzene rings is 1. The van der Waals surface area contributed by atoms with Crippen molar-refractivity contribution in [3.05, 3.63) is 29.8 Å². The van der Waals surface area contributed by atoms with E-state index in [9.17, 15) is 9.59 Å². The first-order valence-corrected chi connectivity index (χ1v) is 4.97. The van der Waals surface area contributed by atoms with Gasteiger partial charge in [-0.3, -0.25) is 4.90 Å². The molecule has 0 radical (unpaired) electrons. The highest BCUT2D eigenvalue weighted by Crippen LogP contribution is 2.23. The van der Waals surface area contributed by atoms with E-state index in [0.717, 1.165) is 0 Å². The zero-order valence-electron chi connectivity index (χ0n) is 8.55. The number of anilines is 1. The van der Waals surface area contributed by atoms with Gasteiger partial charge in [0.15, 0.2) is 0 Å². The molecule has 0 unspecified atom stereocenters. The van der Waals surface area contributed by atoms with Crippen LogP contribution in [-0.4, -0.2) is 30.3 Å². The third-order valence-corrected chi connectivity index (χ3v) is 2.40. The van der Waals surface area contributed by atoms with Crippen LogP contribution in [0.4, 0.5) is 10.5 Å². The van der Waals surface area contributed by atoms with Crippen LogP contribution in [0.3, 0.4) is 0 Å². The minimum Gasteiger partial charge on any atom is -0.478 e. The Hall–Kier alpha value is -2.04. The molecule has 1 aromatic carbocycles. The number of para-hydroxylation sites is 1. The molecule has 0 saturated carbocycles. The van der Waals surface area contributed by atoms with Crippen molar-refractivity contribution in [3.8, 4) is 0 Å². The highest BCUT2D eigenvalue weighted by atomic mass is 16.6. The standard InChI is InChI=1S/C11H11NO4/c13-10(14)8-4-1-2-5-9(8)12-6-3-7-16-11(12)15/h1-2,4-5H,3,6-7H2,(H,13,14). The molecule has 1 aliphatic heterocycles. The van der Waals surface area contributed by atoms with Gasteiger partial charge in [-0.25, -0.2) is 9.59 Å². The molecule has 0 atom stereocenters. The number of carboxylic acid groups (broad SMARTS) is 1. The van der Waals surface area contributed by atoms with Gasteiger partial charge in [0.1, 0.15) is 0 Å². The Balaban J connectivity index is 2.38. The molecule has 0 aliphatic carbocycles. The Kier molecular flexibility index (Phi) is 2.76. The average molecular weight is 221 g/mol. The van der Waals surface area contributed by atoms with Gasteiger partial charge in [0.25, 0.3) is 0 Å². The SMILES string of the molecule is O=C(O)c1ccccc1N1CCCOC1=O. The summed E-state index contributed by atoms with van der Waals surface area (Å²) in [5, 5.41) is 9.00. The predicted molar refractivity (Wildman–Crippen MR) is 56.7 cm³/mol. The van der Waals surface area contributed by atoms with Crippen molar-refractivity contribution < 1.29 is 19.4 Å². The van der Waals surface area contributed by atoms with Crippen LogP contribution < -0.4 is 4.90 Å². The van der Waals surface area contributed by atoms with Crippen LogP contribution in [0.25, 0.3) is 0 Å². The number of hydrogen-bond acceptors (Lipinski definition) is 3. The molecule has 0 bridgehead atoms. The fourth-order valence-electron chi connectivity index (χ4n) is 1.66. The quantitative estimate of drug-likeness (QED) is 0.825. The number of nitrogens with zero attached hydrogens (tertiary/aromatic N) is 1. The number of amides is 1. The topological polar surface area (TPSA) is 66.8 Å². The molecule has 1 saturated heterocycles. The Bertz CT molecular complexity index is 430. The lowest BCUT2D eigenvalue weighted by atomic mass is 10.1. The van der Waals surface area contributed by atoms with E-state index in [2.05, 4.69) is 0 Å². The van der Waals surface area contributed by atoms with Crippen molar-refractivity contribution in [2.45, 2.75) is 6.42 Å². The van der Waals surface area contributed by atoms with E-state index < -0.39 is 12.1 Å².